The molecular weight excluding hydrogens is 206 g/mol. The highest BCUT2D eigenvalue weighted by Gasteiger charge is 2.19. The molecule has 4 heteroatoms. The summed E-state index contributed by atoms with van der Waals surface area (Å²) in [6.07, 6.45) is 2.80. The summed E-state index contributed by atoms with van der Waals surface area (Å²) < 4.78 is 5.28. The van der Waals surface area contributed by atoms with E-state index in [4.69, 9.17) is 4.74 Å². The van der Waals surface area contributed by atoms with Crippen molar-refractivity contribution < 1.29 is 9.66 Å². The molecule has 0 bridgehead atoms. The molecule has 0 aliphatic carbocycles. The lowest BCUT2D eigenvalue weighted by atomic mass is 9.92. The summed E-state index contributed by atoms with van der Waals surface area (Å²) in [6, 6.07) is 7.01. The summed E-state index contributed by atoms with van der Waals surface area (Å²) in [5, 5.41) is 10.8. The SMILES string of the molecule is O=[N+]([O-])c1ccccc1CC1CCOCC1. The van der Waals surface area contributed by atoms with E-state index >= 15 is 0 Å². The fraction of sp³-hybridized carbons (Fsp3) is 0.500. The van der Waals surface area contributed by atoms with Gasteiger partial charge in [-0.3, -0.25) is 10.1 Å². The second kappa shape index (κ2) is 5.07. The second-order valence-electron chi connectivity index (χ2n) is 4.15. The standard InChI is InChI=1S/C12H15NO3/c14-13(15)12-4-2-1-3-11(12)9-10-5-7-16-8-6-10/h1-4,10H,5-9H2. The van der Waals surface area contributed by atoms with Crippen LogP contribution in [-0.2, 0) is 11.2 Å². The van der Waals surface area contributed by atoms with Crippen LogP contribution in [-0.4, -0.2) is 18.1 Å². The first-order chi connectivity index (χ1) is 7.77. The van der Waals surface area contributed by atoms with Crippen molar-refractivity contribution in [3.05, 3.63) is 39.9 Å². The molecule has 1 aliphatic heterocycles. The number of nitrogens with zero attached hydrogens (tertiary/aromatic N) is 1. The Morgan fingerprint density at radius 2 is 2.00 bits per heavy atom. The zero-order valence-electron chi connectivity index (χ0n) is 9.09. The maximum absolute atomic E-state index is 10.8. The maximum atomic E-state index is 10.8. The normalized spacial score (nSPS) is 17.2. The van der Waals surface area contributed by atoms with E-state index < -0.39 is 0 Å². The molecule has 2 rings (SSSR count). The van der Waals surface area contributed by atoms with Gasteiger partial charge in [-0.2, -0.15) is 0 Å². The summed E-state index contributed by atoms with van der Waals surface area (Å²) in [7, 11) is 0. The van der Waals surface area contributed by atoms with Gasteiger partial charge in [0, 0.05) is 24.8 Å². The van der Waals surface area contributed by atoms with Crippen molar-refractivity contribution in [2.24, 2.45) is 5.92 Å². The lowest BCUT2D eigenvalue weighted by Gasteiger charge is -2.21. The van der Waals surface area contributed by atoms with Crippen LogP contribution in [0.3, 0.4) is 0 Å². The summed E-state index contributed by atoms with van der Waals surface area (Å²) in [4.78, 5) is 10.5. The Morgan fingerprint density at radius 3 is 2.69 bits per heavy atom. The zero-order valence-corrected chi connectivity index (χ0v) is 9.09. The van der Waals surface area contributed by atoms with E-state index in [-0.39, 0.29) is 10.6 Å². The first kappa shape index (κ1) is 11.1. The molecular formula is C12H15NO3. The quantitative estimate of drug-likeness (QED) is 0.582. The topological polar surface area (TPSA) is 52.4 Å². The highest BCUT2D eigenvalue weighted by molar-refractivity contribution is 5.40. The third-order valence-electron chi connectivity index (χ3n) is 3.04. The highest BCUT2D eigenvalue weighted by atomic mass is 16.6. The number of ether oxygens (including phenoxy) is 1. The van der Waals surface area contributed by atoms with Crippen LogP contribution >= 0.6 is 0 Å². The molecule has 0 unspecified atom stereocenters. The van der Waals surface area contributed by atoms with Gasteiger partial charge in [-0.1, -0.05) is 18.2 Å². The molecule has 1 aromatic rings. The number of para-hydroxylation sites is 1. The van der Waals surface area contributed by atoms with E-state index in [0.717, 1.165) is 38.0 Å². The van der Waals surface area contributed by atoms with Gasteiger partial charge >= 0.3 is 0 Å². The van der Waals surface area contributed by atoms with Crippen molar-refractivity contribution >= 4 is 5.69 Å². The Hall–Kier alpha value is -1.42. The van der Waals surface area contributed by atoms with E-state index in [2.05, 4.69) is 0 Å². The zero-order chi connectivity index (χ0) is 11.4. The van der Waals surface area contributed by atoms with E-state index in [1.165, 1.54) is 0 Å². The molecule has 0 N–H and O–H groups in total. The number of hydrogen-bond acceptors (Lipinski definition) is 3. The third-order valence-corrected chi connectivity index (χ3v) is 3.04. The van der Waals surface area contributed by atoms with Gasteiger partial charge in [-0.15, -0.1) is 0 Å². The van der Waals surface area contributed by atoms with Crippen LogP contribution in [0.1, 0.15) is 18.4 Å². The van der Waals surface area contributed by atoms with Gasteiger partial charge < -0.3 is 4.74 Å². The van der Waals surface area contributed by atoms with Crippen LogP contribution in [0.25, 0.3) is 0 Å². The fourth-order valence-corrected chi connectivity index (χ4v) is 2.12. The average molecular weight is 221 g/mol. The minimum absolute atomic E-state index is 0.244. The number of nitro benzene ring substituents is 1. The predicted molar refractivity (Wildman–Crippen MR) is 60.3 cm³/mol. The van der Waals surface area contributed by atoms with Crippen LogP contribution in [0.4, 0.5) is 5.69 Å². The van der Waals surface area contributed by atoms with Gasteiger partial charge in [-0.05, 0) is 25.2 Å². The molecule has 4 nitrogen and oxygen atoms in total. The largest absolute Gasteiger partial charge is 0.381 e. The van der Waals surface area contributed by atoms with Crippen LogP contribution in [0.2, 0.25) is 0 Å². The Labute approximate surface area is 94.4 Å². The lowest BCUT2D eigenvalue weighted by Crippen LogP contribution is -2.17. The molecule has 0 spiro atoms. The van der Waals surface area contributed by atoms with Crippen molar-refractivity contribution in [2.75, 3.05) is 13.2 Å². The number of benzene rings is 1. The summed E-state index contributed by atoms with van der Waals surface area (Å²) in [5.74, 6) is 0.523. The molecule has 86 valence electrons. The molecule has 0 saturated carbocycles. The number of nitro groups is 1. The molecule has 0 amide bonds. The molecule has 0 radical (unpaired) electrons. The van der Waals surface area contributed by atoms with E-state index in [9.17, 15) is 10.1 Å². The van der Waals surface area contributed by atoms with E-state index in [0.29, 0.717) is 5.92 Å². The molecule has 1 fully saturated rings. The maximum Gasteiger partial charge on any atom is 0.272 e. The third kappa shape index (κ3) is 2.58. The molecule has 0 aromatic heterocycles. The molecule has 1 heterocycles. The minimum Gasteiger partial charge on any atom is -0.381 e. The van der Waals surface area contributed by atoms with Crippen molar-refractivity contribution in [2.45, 2.75) is 19.3 Å². The number of rotatable bonds is 3. The van der Waals surface area contributed by atoms with Gasteiger partial charge in [0.15, 0.2) is 0 Å². The molecule has 1 aliphatic rings. The minimum atomic E-state index is -0.297. The lowest BCUT2D eigenvalue weighted by molar-refractivity contribution is -0.385. The monoisotopic (exact) mass is 221 g/mol. The van der Waals surface area contributed by atoms with Crippen LogP contribution < -0.4 is 0 Å². The Bertz CT molecular complexity index is 372. The van der Waals surface area contributed by atoms with Gasteiger partial charge in [0.05, 0.1) is 4.92 Å². The second-order valence-corrected chi connectivity index (χ2v) is 4.15. The highest BCUT2D eigenvalue weighted by Crippen LogP contribution is 2.25. The Balaban J connectivity index is 2.10. The summed E-state index contributed by atoms with van der Waals surface area (Å²) >= 11 is 0. The molecule has 1 aromatic carbocycles. The number of hydrogen-bond donors (Lipinski definition) is 0. The first-order valence-electron chi connectivity index (χ1n) is 5.57. The predicted octanol–water partition coefficient (Wildman–Crippen LogP) is 2.56. The summed E-state index contributed by atoms with van der Waals surface area (Å²) in [6.45, 7) is 1.57. The molecule has 1 saturated heterocycles. The van der Waals surface area contributed by atoms with Gasteiger partial charge in [0.1, 0.15) is 0 Å². The van der Waals surface area contributed by atoms with Crippen molar-refractivity contribution in [1.82, 2.24) is 0 Å². The smallest absolute Gasteiger partial charge is 0.272 e. The van der Waals surface area contributed by atoms with Crippen molar-refractivity contribution in [3.8, 4) is 0 Å². The van der Waals surface area contributed by atoms with Crippen LogP contribution in [0, 0.1) is 16.0 Å². The fourth-order valence-electron chi connectivity index (χ4n) is 2.12. The van der Waals surface area contributed by atoms with Gasteiger partial charge in [-0.25, -0.2) is 0 Å². The van der Waals surface area contributed by atoms with Crippen molar-refractivity contribution in [1.29, 1.82) is 0 Å². The van der Waals surface area contributed by atoms with Gasteiger partial charge in [0.25, 0.3) is 5.69 Å². The Morgan fingerprint density at radius 1 is 1.31 bits per heavy atom. The van der Waals surface area contributed by atoms with Crippen LogP contribution in [0.15, 0.2) is 24.3 Å². The average Bonchev–Trinajstić information content (AvgIpc) is 2.31. The van der Waals surface area contributed by atoms with E-state index in [1.807, 2.05) is 12.1 Å². The summed E-state index contributed by atoms with van der Waals surface area (Å²) in [5.41, 5.74) is 1.09. The molecule has 0 atom stereocenters. The van der Waals surface area contributed by atoms with Crippen molar-refractivity contribution in [3.63, 3.8) is 0 Å². The van der Waals surface area contributed by atoms with Gasteiger partial charge in [0.2, 0.25) is 0 Å². The Kier molecular flexibility index (Phi) is 3.51. The van der Waals surface area contributed by atoms with E-state index in [1.54, 1.807) is 12.1 Å². The van der Waals surface area contributed by atoms with Crippen LogP contribution in [0.5, 0.6) is 0 Å². The molecule has 16 heavy (non-hydrogen) atoms. The first-order valence-corrected chi connectivity index (χ1v) is 5.57.